The van der Waals surface area contributed by atoms with Crippen molar-refractivity contribution in [3.63, 3.8) is 0 Å². The number of fused-ring (bicyclic) bond motifs is 1. The van der Waals surface area contributed by atoms with Gasteiger partial charge in [-0.3, -0.25) is 18.7 Å². The third-order valence-corrected chi connectivity index (χ3v) is 4.35. The predicted molar refractivity (Wildman–Crippen MR) is 94.2 cm³/mol. The second kappa shape index (κ2) is 6.21. The maximum absolute atomic E-state index is 12.5. The van der Waals surface area contributed by atoms with E-state index in [0.29, 0.717) is 5.56 Å². The summed E-state index contributed by atoms with van der Waals surface area (Å²) in [4.78, 5) is 40.5. The molecular weight excluding hydrogens is 346 g/mol. The highest BCUT2D eigenvalue weighted by Crippen LogP contribution is 2.18. The SMILES string of the molecule is CNC(=O)c1cccc(Cn2c(Cl)nc3c2c(=O)n(C)c(=O)n3C)c1. The first kappa shape index (κ1) is 17.0. The second-order valence-corrected chi connectivity index (χ2v) is 5.96. The summed E-state index contributed by atoms with van der Waals surface area (Å²) in [7, 11) is 4.49. The lowest BCUT2D eigenvalue weighted by molar-refractivity contribution is 0.0963. The molecule has 1 aromatic carbocycles. The second-order valence-electron chi connectivity index (χ2n) is 5.62. The van der Waals surface area contributed by atoms with Crippen LogP contribution < -0.4 is 16.6 Å². The van der Waals surface area contributed by atoms with Crippen molar-refractivity contribution in [3.05, 3.63) is 61.5 Å². The summed E-state index contributed by atoms with van der Waals surface area (Å²) in [5.74, 6) is -0.207. The van der Waals surface area contributed by atoms with Crippen molar-refractivity contribution >= 4 is 28.7 Å². The molecule has 0 atom stereocenters. The predicted octanol–water partition coefficient (Wildman–Crippen LogP) is 0.495. The Bertz CT molecular complexity index is 1110. The van der Waals surface area contributed by atoms with Crippen LogP contribution in [-0.2, 0) is 20.6 Å². The van der Waals surface area contributed by atoms with Gasteiger partial charge in [-0.15, -0.1) is 0 Å². The highest BCUT2D eigenvalue weighted by molar-refractivity contribution is 6.29. The topological polar surface area (TPSA) is 90.9 Å². The molecule has 0 aliphatic carbocycles. The summed E-state index contributed by atoms with van der Waals surface area (Å²) in [5.41, 5.74) is 0.792. The van der Waals surface area contributed by atoms with Gasteiger partial charge >= 0.3 is 5.69 Å². The minimum absolute atomic E-state index is 0.0960. The summed E-state index contributed by atoms with van der Waals surface area (Å²) in [6, 6.07) is 6.98. The number of rotatable bonds is 3. The molecule has 1 N–H and O–H groups in total. The van der Waals surface area contributed by atoms with Gasteiger partial charge in [-0.05, 0) is 29.3 Å². The quantitative estimate of drug-likeness (QED) is 0.687. The van der Waals surface area contributed by atoms with E-state index in [1.807, 2.05) is 6.07 Å². The van der Waals surface area contributed by atoms with Crippen LogP contribution in [-0.4, -0.2) is 31.6 Å². The van der Waals surface area contributed by atoms with Gasteiger partial charge in [-0.2, -0.15) is 4.98 Å². The van der Waals surface area contributed by atoms with E-state index in [1.54, 1.807) is 25.2 Å². The van der Waals surface area contributed by atoms with Crippen LogP contribution >= 0.6 is 11.6 Å². The Balaban J connectivity index is 2.18. The fourth-order valence-corrected chi connectivity index (χ4v) is 2.93. The van der Waals surface area contributed by atoms with E-state index in [2.05, 4.69) is 10.3 Å². The molecule has 130 valence electrons. The monoisotopic (exact) mass is 361 g/mol. The summed E-state index contributed by atoms with van der Waals surface area (Å²) in [6.45, 7) is 0.244. The van der Waals surface area contributed by atoms with E-state index in [0.717, 1.165) is 10.1 Å². The minimum atomic E-state index is -0.472. The fourth-order valence-electron chi connectivity index (χ4n) is 2.70. The first-order valence-electron chi connectivity index (χ1n) is 7.48. The number of hydrogen-bond donors (Lipinski definition) is 1. The van der Waals surface area contributed by atoms with E-state index in [9.17, 15) is 14.4 Å². The van der Waals surface area contributed by atoms with Gasteiger partial charge in [0.2, 0.25) is 5.28 Å². The molecule has 9 heteroatoms. The van der Waals surface area contributed by atoms with Crippen LogP contribution in [0, 0.1) is 0 Å². The van der Waals surface area contributed by atoms with Crippen molar-refractivity contribution in [1.29, 1.82) is 0 Å². The molecule has 1 amide bonds. The van der Waals surface area contributed by atoms with Crippen molar-refractivity contribution in [2.75, 3.05) is 7.05 Å². The molecule has 2 aromatic heterocycles. The molecular formula is C16H16ClN5O3. The Morgan fingerprint density at radius 1 is 1.24 bits per heavy atom. The van der Waals surface area contributed by atoms with Crippen LogP contribution in [0.5, 0.6) is 0 Å². The Kier molecular flexibility index (Phi) is 4.22. The van der Waals surface area contributed by atoms with Gasteiger partial charge in [0.15, 0.2) is 11.2 Å². The van der Waals surface area contributed by atoms with Crippen LogP contribution in [0.15, 0.2) is 33.9 Å². The summed E-state index contributed by atoms with van der Waals surface area (Å²) < 4.78 is 3.82. The highest BCUT2D eigenvalue weighted by Gasteiger charge is 2.18. The molecule has 0 aliphatic rings. The van der Waals surface area contributed by atoms with E-state index >= 15 is 0 Å². The van der Waals surface area contributed by atoms with Crippen LogP contribution in [0.2, 0.25) is 5.28 Å². The largest absolute Gasteiger partial charge is 0.355 e. The van der Waals surface area contributed by atoms with E-state index in [1.165, 1.54) is 23.2 Å². The number of nitrogens with one attached hydrogen (secondary N) is 1. The Labute approximate surface area is 147 Å². The van der Waals surface area contributed by atoms with Crippen LogP contribution in [0.25, 0.3) is 11.2 Å². The van der Waals surface area contributed by atoms with Gasteiger partial charge in [0.25, 0.3) is 11.5 Å². The lowest BCUT2D eigenvalue weighted by atomic mass is 10.1. The van der Waals surface area contributed by atoms with Crippen molar-refractivity contribution in [2.24, 2.45) is 14.1 Å². The average molecular weight is 362 g/mol. The van der Waals surface area contributed by atoms with Gasteiger partial charge in [-0.25, -0.2) is 4.79 Å². The molecule has 0 fully saturated rings. The number of nitrogens with zero attached hydrogens (tertiary/aromatic N) is 4. The van der Waals surface area contributed by atoms with E-state index in [4.69, 9.17) is 11.6 Å². The standard InChI is InChI=1S/C16H16ClN5O3/c1-18-13(23)10-6-4-5-9(7-10)8-22-11-12(19-15(22)17)20(2)16(25)21(3)14(11)24/h4-7H,8H2,1-3H3,(H,18,23). The molecule has 25 heavy (non-hydrogen) atoms. The van der Waals surface area contributed by atoms with Gasteiger partial charge in [0.05, 0.1) is 6.54 Å². The van der Waals surface area contributed by atoms with Crippen LogP contribution in [0.4, 0.5) is 0 Å². The summed E-state index contributed by atoms with van der Waals surface area (Å²) in [5, 5.41) is 2.66. The molecule has 0 spiro atoms. The molecule has 0 saturated carbocycles. The summed E-state index contributed by atoms with van der Waals surface area (Å²) >= 11 is 6.20. The lowest BCUT2D eigenvalue weighted by Gasteiger charge is -2.09. The van der Waals surface area contributed by atoms with Gasteiger partial charge in [0, 0.05) is 26.7 Å². The molecule has 0 aliphatic heterocycles. The fraction of sp³-hybridized carbons (Fsp3) is 0.250. The summed E-state index contributed by atoms with van der Waals surface area (Å²) in [6.07, 6.45) is 0. The normalized spacial score (nSPS) is 11.0. The van der Waals surface area contributed by atoms with Gasteiger partial charge < -0.3 is 9.88 Å². The smallest absolute Gasteiger partial charge is 0.332 e. The zero-order chi connectivity index (χ0) is 18.3. The third-order valence-electron chi connectivity index (χ3n) is 4.06. The Morgan fingerprint density at radius 3 is 2.64 bits per heavy atom. The van der Waals surface area contributed by atoms with Crippen molar-refractivity contribution in [2.45, 2.75) is 6.54 Å². The zero-order valence-corrected chi connectivity index (χ0v) is 14.7. The number of carbonyl (C=O) groups is 1. The molecule has 0 unspecified atom stereocenters. The number of benzene rings is 1. The van der Waals surface area contributed by atoms with Crippen LogP contribution in [0.1, 0.15) is 15.9 Å². The number of aryl methyl sites for hydroxylation is 1. The Morgan fingerprint density at radius 2 is 1.96 bits per heavy atom. The van der Waals surface area contributed by atoms with Crippen LogP contribution in [0.3, 0.4) is 0 Å². The van der Waals surface area contributed by atoms with Gasteiger partial charge in [0.1, 0.15) is 0 Å². The van der Waals surface area contributed by atoms with E-state index < -0.39 is 11.2 Å². The number of amides is 1. The number of imidazole rings is 1. The maximum atomic E-state index is 12.5. The highest BCUT2D eigenvalue weighted by atomic mass is 35.5. The lowest BCUT2D eigenvalue weighted by Crippen LogP contribution is -2.37. The Hall–Kier alpha value is -2.87. The zero-order valence-electron chi connectivity index (χ0n) is 13.9. The molecule has 0 bridgehead atoms. The van der Waals surface area contributed by atoms with Crippen molar-refractivity contribution in [3.8, 4) is 0 Å². The number of carbonyl (C=O) groups excluding carboxylic acids is 1. The average Bonchev–Trinajstić information content (AvgIpc) is 2.94. The number of aromatic nitrogens is 4. The first-order valence-corrected chi connectivity index (χ1v) is 7.85. The molecule has 0 saturated heterocycles. The molecule has 2 heterocycles. The van der Waals surface area contributed by atoms with E-state index in [-0.39, 0.29) is 28.9 Å². The minimum Gasteiger partial charge on any atom is -0.355 e. The maximum Gasteiger partial charge on any atom is 0.332 e. The molecule has 3 aromatic rings. The van der Waals surface area contributed by atoms with Crippen molar-refractivity contribution < 1.29 is 4.79 Å². The molecule has 0 radical (unpaired) electrons. The van der Waals surface area contributed by atoms with Crippen molar-refractivity contribution in [1.82, 2.24) is 24.0 Å². The van der Waals surface area contributed by atoms with Gasteiger partial charge in [-0.1, -0.05) is 12.1 Å². The number of hydrogen-bond acceptors (Lipinski definition) is 4. The third kappa shape index (κ3) is 2.74. The number of halogens is 1. The molecule has 3 rings (SSSR count). The molecule has 8 nitrogen and oxygen atoms in total. The first-order chi connectivity index (χ1) is 11.8.